The average molecular weight is 397 g/mol. The first-order valence-corrected chi connectivity index (χ1v) is 9.92. The lowest BCUT2D eigenvalue weighted by atomic mass is 9.92. The molecule has 0 spiro atoms. The summed E-state index contributed by atoms with van der Waals surface area (Å²) >= 11 is 6.43. The number of ether oxygens (including phenoxy) is 1. The van der Waals surface area contributed by atoms with Crippen LogP contribution >= 0.6 is 11.6 Å². The lowest BCUT2D eigenvalue weighted by Gasteiger charge is -2.22. The minimum absolute atomic E-state index is 0.0485. The number of benzene rings is 1. The maximum atomic E-state index is 10.5. The molecule has 0 amide bonds. The van der Waals surface area contributed by atoms with E-state index in [-0.39, 0.29) is 23.6 Å². The van der Waals surface area contributed by atoms with Crippen molar-refractivity contribution in [3.63, 3.8) is 0 Å². The lowest BCUT2D eigenvalue weighted by molar-refractivity contribution is -0.137. The fourth-order valence-corrected chi connectivity index (χ4v) is 3.94. The van der Waals surface area contributed by atoms with Crippen molar-refractivity contribution < 1.29 is 24.9 Å². The molecule has 1 saturated carbocycles. The molecular formula is C21H29ClO5. The third-order valence-corrected chi connectivity index (χ3v) is 5.62. The number of aliphatic carboxylic acids is 1. The summed E-state index contributed by atoms with van der Waals surface area (Å²) in [5.74, 6) is -0.00356. The number of carbonyl (C=O) groups is 1. The SMILES string of the molecule is CC(O)c1ccc(OCC2C(O)CC(Cl)C2C/C=C\CCCC(=O)O)cc1. The van der Waals surface area contributed by atoms with Gasteiger partial charge in [-0.15, -0.1) is 11.6 Å². The third-order valence-electron chi connectivity index (χ3n) is 5.12. The monoisotopic (exact) mass is 396 g/mol. The zero-order valence-electron chi connectivity index (χ0n) is 15.6. The van der Waals surface area contributed by atoms with E-state index in [0.29, 0.717) is 25.2 Å². The van der Waals surface area contributed by atoms with Crippen LogP contribution in [0.1, 0.15) is 50.7 Å². The first-order chi connectivity index (χ1) is 12.9. The molecule has 0 saturated heterocycles. The molecule has 1 aliphatic carbocycles. The Bertz CT molecular complexity index is 614. The summed E-state index contributed by atoms with van der Waals surface area (Å²) in [6.45, 7) is 2.10. The van der Waals surface area contributed by atoms with Crippen molar-refractivity contribution >= 4 is 17.6 Å². The van der Waals surface area contributed by atoms with Gasteiger partial charge >= 0.3 is 5.97 Å². The van der Waals surface area contributed by atoms with Crippen LogP contribution < -0.4 is 4.74 Å². The minimum atomic E-state index is -0.776. The Morgan fingerprint density at radius 2 is 2.00 bits per heavy atom. The largest absolute Gasteiger partial charge is 0.493 e. The van der Waals surface area contributed by atoms with Crippen LogP contribution in [0, 0.1) is 11.8 Å². The predicted octanol–water partition coefficient (Wildman–Crippen LogP) is 3.92. The van der Waals surface area contributed by atoms with E-state index in [1.165, 1.54) is 0 Å². The molecular weight excluding hydrogens is 368 g/mol. The van der Waals surface area contributed by atoms with Crippen molar-refractivity contribution in [3.8, 4) is 5.75 Å². The average Bonchev–Trinajstić information content (AvgIpc) is 2.89. The number of carboxylic acids is 1. The second kappa shape index (κ2) is 10.7. The number of carboxylic acid groups (broad SMARTS) is 1. The Morgan fingerprint density at radius 3 is 2.63 bits per heavy atom. The van der Waals surface area contributed by atoms with Crippen LogP contribution in [0.4, 0.5) is 0 Å². The second-order valence-electron chi connectivity index (χ2n) is 7.20. The molecule has 150 valence electrons. The zero-order valence-corrected chi connectivity index (χ0v) is 16.4. The molecule has 2 rings (SSSR count). The Kier molecular flexibility index (Phi) is 8.61. The molecule has 3 N–H and O–H groups in total. The fourth-order valence-electron chi connectivity index (χ4n) is 3.47. The van der Waals surface area contributed by atoms with Gasteiger partial charge in [-0.2, -0.15) is 0 Å². The van der Waals surface area contributed by atoms with Crippen LogP contribution in [0.5, 0.6) is 5.75 Å². The smallest absolute Gasteiger partial charge is 0.303 e. The first kappa shape index (κ1) is 21.7. The maximum absolute atomic E-state index is 10.5. The van der Waals surface area contributed by atoms with Crippen LogP contribution in [0.3, 0.4) is 0 Å². The Hall–Kier alpha value is -1.56. The number of aliphatic hydroxyl groups is 2. The topological polar surface area (TPSA) is 87.0 Å². The molecule has 5 atom stereocenters. The van der Waals surface area contributed by atoms with Gasteiger partial charge in [0, 0.05) is 17.7 Å². The molecule has 0 heterocycles. The van der Waals surface area contributed by atoms with Crippen LogP contribution in [0.15, 0.2) is 36.4 Å². The molecule has 6 heteroatoms. The number of hydrogen-bond donors (Lipinski definition) is 3. The van der Waals surface area contributed by atoms with Gasteiger partial charge in [-0.3, -0.25) is 4.79 Å². The highest BCUT2D eigenvalue weighted by molar-refractivity contribution is 6.21. The van der Waals surface area contributed by atoms with Crippen molar-refractivity contribution in [2.75, 3.05) is 6.61 Å². The molecule has 27 heavy (non-hydrogen) atoms. The standard InChI is InChI=1S/C21H29ClO5/c1-14(23)15-8-10-16(11-9-15)27-13-18-17(19(22)12-20(18)24)6-4-2-3-5-7-21(25)26/h2,4,8-11,14,17-20,23-24H,3,5-7,12-13H2,1H3,(H,25,26)/b4-2-. The molecule has 1 aromatic carbocycles. The number of allylic oxidation sites excluding steroid dienone is 2. The van der Waals surface area contributed by atoms with Crippen molar-refractivity contribution in [2.45, 2.75) is 56.6 Å². The van der Waals surface area contributed by atoms with E-state index in [0.717, 1.165) is 18.4 Å². The fraction of sp³-hybridized carbons (Fsp3) is 0.571. The van der Waals surface area contributed by atoms with Gasteiger partial charge < -0.3 is 20.1 Å². The normalized spacial score (nSPS) is 26.4. The van der Waals surface area contributed by atoms with Gasteiger partial charge in [0.1, 0.15) is 5.75 Å². The number of hydrogen-bond acceptors (Lipinski definition) is 4. The van der Waals surface area contributed by atoms with E-state index in [2.05, 4.69) is 0 Å². The van der Waals surface area contributed by atoms with Gasteiger partial charge in [-0.1, -0.05) is 24.3 Å². The van der Waals surface area contributed by atoms with Crippen LogP contribution in [-0.4, -0.2) is 39.4 Å². The number of halogens is 1. The molecule has 0 aliphatic heterocycles. The van der Waals surface area contributed by atoms with Gasteiger partial charge in [0.2, 0.25) is 0 Å². The minimum Gasteiger partial charge on any atom is -0.493 e. The molecule has 1 aromatic rings. The summed E-state index contributed by atoms with van der Waals surface area (Å²) in [5.41, 5.74) is 0.829. The quantitative estimate of drug-likeness (QED) is 0.317. The molecule has 0 bridgehead atoms. The summed E-state index contributed by atoms with van der Waals surface area (Å²) < 4.78 is 5.86. The summed E-state index contributed by atoms with van der Waals surface area (Å²) in [6.07, 6.45) is 5.84. The molecule has 1 fully saturated rings. The second-order valence-corrected chi connectivity index (χ2v) is 7.76. The van der Waals surface area contributed by atoms with E-state index in [9.17, 15) is 15.0 Å². The number of unbranched alkanes of at least 4 members (excludes halogenated alkanes) is 1. The zero-order chi connectivity index (χ0) is 19.8. The van der Waals surface area contributed by atoms with Crippen molar-refractivity contribution in [1.29, 1.82) is 0 Å². The highest BCUT2D eigenvalue weighted by atomic mass is 35.5. The Morgan fingerprint density at radius 1 is 1.30 bits per heavy atom. The van der Waals surface area contributed by atoms with Crippen molar-refractivity contribution in [1.82, 2.24) is 0 Å². The van der Waals surface area contributed by atoms with Crippen LogP contribution in [-0.2, 0) is 4.79 Å². The summed E-state index contributed by atoms with van der Waals surface area (Å²) in [7, 11) is 0. The van der Waals surface area contributed by atoms with Gasteiger partial charge in [-0.05, 0) is 56.2 Å². The van der Waals surface area contributed by atoms with Gasteiger partial charge in [0.05, 0.1) is 18.8 Å². The summed E-state index contributed by atoms with van der Waals surface area (Å²) in [6, 6.07) is 7.29. The molecule has 0 aromatic heterocycles. The van der Waals surface area contributed by atoms with Crippen molar-refractivity contribution in [3.05, 3.63) is 42.0 Å². The maximum Gasteiger partial charge on any atom is 0.303 e. The highest BCUT2D eigenvalue weighted by Crippen LogP contribution is 2.39. The van der Waals surface area contributed by atoms with E-state index >= 15 is 0 Å². The van der Waals surface area contributed by atoms with E-state index in [1.54, 1.807) is 6.92 Å². The van der Waals surface area contributed by atoms with Gasteiger partial charge in [0.15, 0.2) is 0 Å². The third kappa shape index (κ3) is 6.83. The van der Waals surface area contributed by atoms with Gasteiger partial charge in [-0.25, -0.2) is 0 Å². The van der Waals surface area contributed by atoms with E-state index < -0.39 is 18.2 Å². The lowest BCUT2D eigenvalue weighted by Crippen LogP contribution is -2.27. The predicted molar refractivity (Wildman–Crippen MR) is 105 cm³/mol. The Labute approximate surface area is 165 Å². The molecule has 0 radical (unpaired) electrons. The molecule has 1 aliphatic rings. The number of aliphatic hydroxyl groups excluding tert-OH is 2. The summed E-state index contributed by atoms with van der Waals surface area (Å²) in [4.78, 5) is 10.5. The summed E-state index contributed by atoms with van der Waals surface area (Å²) in [5, 5.41) is 28.4. The molecule has 5 unspecified atom stereocenters. The van der Waals surface area contributed by atoms with Crippen LogP contribution in [0.25, 0.3) is 0 Å². The van der Waals surface area contributed by atoms with E-state index in [4.69, 9.17) is 21.4 Å². The number of alkyl halides is 1. The van der Waals surface area contributed by atoms with Crippen molar-refractivity contribution in [2.24, 2.45) is 11.8 Å². The molecule has 5 nitrogen and oxygen atoms in total. The first-order valence-electron chi connectivity index (χ1n) is 9.48. The Balaban J connectivity index is 1.85. The van der Waals surface area contributed by atoms with Crippen LogP contribution in [0.2, 0.25) is 0 Å². The number of rotatable bonds is 10. The van der Waals surface area contributed by atoms with E-state index in [1.807, 2.05) is 36.4 Å². The van der Waals surface area contributed by atoms with Gasteiger partial charge in [0.25, 0.3) is 0 Å². The highest BCUT2D eigenvalue weighted by Gasteiger charge is 2.41.